The van der Waals surface area contributed by atoms with Crippen molar-refractivity contribution in [1.82, 2.24) is 9.97 Å². The van der Waals surface area contributed by atoms with Crippen molar-refractivity contribution < 1.29 is 4.21 Å². The Hall–Kier alpha value is -1.95. The van der Waals surface area contributed by atoms with E-state index < -0.39 is 9.73 Å². The summed E-state index contributed by atoms with van der Waals surface area (Å²) in [5.41, 5.74) is 2.26. The zero-order chi connectivity index (χ0) is 17.7. The van der Waals surface area contributed by atoms with Gasteiger partial charge in [0, 0.05) is 18.8 Å². The Morgan fingerprint density at radius 2 is 2.04 bits per heavy atom. The van der Waals surface area contributed by atoms with Gasteiger partial charge in [-0.25, -0.2) is 19.0 Å². The number of hydrogen-bond acceptors (Lipinski definition) is 5. The van der Waals surface area contributed by atoms with E-state index in [2.05, 4.69) is 45.2 Å². The number of benzene rings is 1. The second-order valence-electron chi connectivity index (χ2n) is 7.87. The molecule has 26 heavy (non-hydrogen) atoms. The smallest absolute Gasteiger partial charge is 0.149 e. The Labute approximate surface area is 154 Å². The minimum absolute atomic E-state index is 0.437. The lowest BCUT2D eigenvalue weighted by Crippen LogP contribution is -2.50. The van der Waals surface area contributed by atoms with Crippen LogP contribution in [0.4, 0.5) is 5.82 Å². The van der Waals surface area contributed by atoms with E-state index in [0.29, 0.717) is 22.5 Å². The molecule has 0 bridgehead atoms. The number of piperidine rings is 1. The molecular formula is C20H24N4OS. The fraction of sp³-hybridized carbons (Fsp3) is 0.500. The van der Waals surface area contributed by atoms with Gasteiger partial charge in [-0.1, -0.05) is 30.3 Å². The molecule has 6 heteroatoms. The van der Waals surface area contributed by atoms with Gasteiger partial charge in [0.15, 0.2) is 0 Å². The molecule has 4 atom stereocenters. The lowest BCUT2D eigenvalue weighted by Gasteiger charge is -2.52. The molecule has 1 saturated carbocycles. The molecule has 2 aliphatic heterocycles. The maximum atomic E-state index is 12.9. The molecule has 136 valence electrons. The molecule has 1 unspecified atom stereocenters. The standard InChI is InChI=1S/C20H24N4OS/c21-26(25)10-4-7-18-19(26)20(23-13-22-18)24-9-8-15-11-16(17(15)12-24)14-5-2-1-3-6-14/h1-3,5-6,13,15-17,21H,4,7-12H2/t15-,16+,17-,26?/m1/s1. The van der Waals surface area contributed by atoms with Crippen LogP contribution in [-0.2, 0) is 16.1 Å². The average Bonchev–Trinajstić information content (AvgIpc) is 2.63. The summed E-state index contributed by atoms with van der Waals surface area (Å²) in [6.07, 6.45) is 5.63. The molecule has 2 aromatic rings. The average molecular weight is 369 g/mol. The molecule has 5 rings (SSSR count). The monoisotopic (exact) mass is 368 g/mol. The highest BCUT2D eigenvalue weighted by atomic mass is 32.2. The van der Waals surface area contributed by atoms with E-state index in [0.717, 1.165) is 49.8 Å². The number of fused-ring (bicyclic) bond motifs is 2. The van der Waals surface area contributed by atoms with E-state index in [-0.39, 0.29) is 0 Å². The second kappa shape index (κ2) is 6.05. The van der Waals surface area contributed by atoms with E-state index in [9.17, 15) is 4.21 Å². The maximum Gasteiger partial charge on any atom is 0.149 e. The highest BCUT2D eigenvalue weighted by Crippen LogP contribution is 2.51. The fourth-order valence-electron chi connectivity index (χ4n) is 5.05. The summed E-state index contributed by atoms with van der Waals surface area (Å²) < 4.78 is 21.3. The third-order valence-corrected chi connectivity index (χ3v) is 8.38. The van der Waals surface area contributed by atoms with Crippen molar-refractivity contribution in [2.45, 2.75) is 36.5 Å². The number of nitrogens with one attached hydrogen (secondary N) is 1. The van der Waals surface area contributed by atoms with Gasteiger partial charge in [0.2, 0.25) is 0 Å². The molecule has 1 aromatic carbocycles. The number of nitrogens with zero attached hydrogens (tertiary/aromatic N) is 3. The van der Waals surface area contributed by atoms with Crippen LogP contribution in [0.25, 0.3) is 0 Å². The number of aromatic nitrogens is 2. The minimum Gasteiger partial charge on any atom is -0.355 e. The van der Waals surface area contributed by atoms with Gasteiger partial charge in [-0.15, -0.1) is 0 Å². The summed E-state index contributed by atoms with van der Waals surface area (Å²) in [6, 6.07) is 10.8. The summed E-state index contributed by atoms with van der Waals surface area (Å²) in [5.74, 6) is 3.23. The molecule has 0 radical (unpaired) electrons. The predicted molar refractivity (Wildman–Crippen MR) is 102 cm³/mol. The number of aryl methyl sites for hydroxylation is 1. The lowest BCUT2D eigenvalue weighted by molar-refractivity contribution is 0.106. The zero-order valence-corrected chi connectivity index (χ0v) is 15.6. The van der Waals surface area contributed by atoms with Crippen molar-refractivity contribution in [2.75, 3.05) is 23.7 Å². The van der Waals surface area contributed by atoms with Gasteiger partial charge >= 0.3 is 0 Å². The van der Waals surface area contributed by atoms with Crippen LogP contribution in [0.2, 0.25) is 0 Å². The Kier molecular flexibility index (Phi) is 3.78. The third kappa shape index (κ3) is 2.54. The van der Waals surface area contributed by atoms with Crippen LogP contribution in [0.1, 0.15) is 36.4 Å². The molecule has 1 N–H and O–H groups in total. The Morgan fingerprint density at radius 1 is 1.19 bits per heavy atom. The van der Waals surface area contributed by atoms with Crippen LogP contribution >= 0.6 is 0 Å². The van der Waals surface area contributed by atoms with Crippen LogP contribution in [0.3, 0.4) is 0 Å². The van der Waals surface area contributed by atoms with Crippen LogP contribution in [0.5, 0.6) is 0 Å². The Bertz CT molecular complexity index is 928. The minimum atomic E-state index is -2.77. The summed E-state index contributed by atoms with van der Waals surface area (Å²) in [5, 5.41) is 0. The first-order chi connectivity index (χ1) is 12.6. The molecular weight excluding hydrogens is 344 g/mol. The largest absolute Gasteiger partial charge is 0.355 e. The van der Waals surface area contributed by atoms with E-state index in [1.165, 1.54) is 12.0 Å². The van der Waals surface area contributed by atoms with Gasteiger partial charge in [-0.2, -0.15) is 0 Å². The van der Waals surface area contributed by atoms with Gasteiger partial charge in [-0.05, 0) is 49.0 Å². The molecule has 1 aromatic heterocycles. The Balaban J connectivity index is 1.46. The highest BCUT2D eigenvalue weighted by molar-refractivity contribution is 7.92. The molecule has 3 aliphatic rings. The van der Waals surface area contributed by atoms with Crippen LogP contribution in [0, 0.1) is 16.6 Å². The van der Waals surface area contributed by atoms with Crippen molar-refractivity contribution in [3.05, 3.63) is 47.9 Å². The van der Waals surface area contributed by atoms with Crippen molar-refractivity contribution >= 4 is 15.5 Å². The number of rotatable bonds is 2. The third-order valence-electron chi connectivity index (χ3n) is 6.44. The van der Waals surface area contributed by atoms with Gasteiger partial charge in [0.05, 0.1) is 15.4 Å². The first kappa shape index (κ1) is 16.2. The normalized spacial score (nSPS) is 33.1. The van der Waals surface area contributed by atoms with Crippen LogP contribution < -0.4 is 4.90 Å². The summed E-state index contributed by atoms with van der Waals surface area (Å²) in [7, 11) is -2.77. The lowest BCUT2D eigenvalue weighted by atomic mass is 9.59. The molecule has 5 nitrogen and oxygen atoms in total. The molecule has 0 amide bonds. The SMILES string of the molecule is N=S1(=O)CCCc2ncnc(N3CC[C@@H]4C[C@@H](c5ccccc5)[C@@H]4C3)c21. The summed E-state index contributed by atoms with van der Waals surface area (Å²) >= 11 is 0. The molecule has 3 heterocycles. The molecule has 1 saturated heterocycles. The molecule has 0 spiro atoms. The highest BCUT2D eigenvalue weighted by Gasteiger charge is 2.45. The topological polar surface area (TPSA) is 69.9 Å². The van der Waals surface area contributed by atoms with E-state index in [1.54, 1.807) is 6.33 Å². The van der Waals surface area contributed by atoms with Crippen molar-refractivity contribution in [3.8, 4) is 0 Å². The van der Waals surface area contributed by atoms with E-state index >= 15 is 0 Å². The zero-order valence-electron chi connectivity index (χ0n) is 14.8. The first-order valence-electron chi connectivity index (χ1n) is 9.54. The van der Waals surface area contributed by atoms with Gasteiger partial charge in [0.1, 0.15) is 17.0 Å². The van der Waals surface area contributed by atoms with Crippen LogP contribution in [-0.4, -0.2) is 33.0 Å². The van der Waals surface area contributed by atoms with E-state index in [1.807, 2.05) is 0 Å². The molecule has 1 aliphatic carbocycles. The maximum absolute atomic E-state index is 12.9. The first-order valence-corrected chi connectivity index (χ1v) is 11.3. The predicted octanol–water partition coefficient (Wildman–Crippen LogP) is 3.46. The van der Waals surface area contributed by atoms with Crippen molar-refractivity contribution in [1.29, 1.82) is 4.78 Å². The Morgan fingerprint density at radius 3 is 2.88 bits per heavy atom. The van der Waals surface area contributed by atoms with Gasteiger partial charge in [0.25, 0.3) is 0 Å². The fourth-order valence-corrected chi connectivity index (χ4v) is 6.81. The van der Waals surface area contributed by atoms with Crippen molar-refractivity contribution in [2.24, 2.45) is 11.8 Å². The van der Waals surface area contributed by atoms with Crippen LogP contribution in [0.15, 0.2) is 41.6 Å². The van der Waals surface area contributed by atoms with Crippen molar-refractivity contribution in [3.63, 3.8) is 0 Å². The second-order valence-corrected chi connectivity index (χ2v) is 10.0. The number of hydrogen-bond donors (Lipinski definition) is 1. The number of anilines is 1. The quantitative estimate of drug-likeness (QED) is 0.881. The van der Waals surface area contributed by atoms with Gasteiger partial charge in [-0.3, -0.25) is 0 Å². The molecule has 2 fully saturated rings. The van der Waals surface area contributed by atoms with Gasteiger partial charge < -0.3 is 4.90 Å². The summed E-state index contributed by atoms with van der Waals surface area (Å²) in [4.78, 5) is 11.8. The summed E-state index contributed by atoms with van der Waals surface area (Å²) in [6.45, 7) is 1.89. The van der Waals surface area contributed by atoms with E-state index in [4.69, 9.17) is 4.78 Å².